The summed E-state index contributed by atoms with van der Waals surface area (Å²) in [5, 5.41) is 0.842. The number of benzene rings is 2. The molecule has 0 saturated carbocycles. The van der Waals surface area contributed by atoms with Crippen LogP contribution in [0.5, 0.6) is 0 Å². The monoisotopic (exact) mass is 477 g/mol. The molecule has 10 heteroatoms. The van der Waals surface area contributed by atoms with E-state index in [4.69, 9.17) is 0 Å². The van der Waals surface area contributed by atoms with Crippen LogP contribution in [0.4, 0.5) is 13.2 Å². The summed E-state index contributed by atoms with van der Waals surface area (Å²) in [4.78, 5) is 18.8. The van der Waals surface area contributed by atoms with E-state index < -0.39 is 26.7 Å². The number of hydrogen-bond donors (Lipinski definition) is 0. The molecule has 1 aromatic heterocycles. The van der Waals surface area contributed by atoms with Crippen LogP contribution in [0.15, 0.2) is 53.4 Å². The number of nitrogens with zero attached hydrogens (tertiary/aromatic N) is 3. The lowest BCUT2D eigenvalue weighted by Crippen LogP contribution is -2.50. The van der Waals surface area contributed by atoms with Gasteiger partial charge in [-0.05, 0) is 50.2 Å². The molecule has 1 aliphatic rings. The first-order valence-corrected chi connectivity index (χ1v) is 11.8. The van der Waals surface area contributed by atoms with E-state index >= 15 is 0 Å². The maximum atomic E-state index is 13.1. The average molecular weight is 478 g/mol. The minimum atomic E-state index is -4.64. The smallest absolute Gasteiger partial charge is 0.336 e. The van der Waals surface area contributed by atoms with Crippen LogP contribution >= 0.6 is 0 Å². The fraction of sp³-hybridized carbons (Fsp3) is 0.304. The van der Waals surface area contributed by atoms with Crippen molar-refractivity contribution in [3.05, 3.63) is 70.9 Å². The summed E-state index contributed by atoms with van der Waals surface area (Å²) in [5.41, 5.74) is 1.83. The molecule has 0 bridgehead atoms. The Balaban J connectivity index is 1.51. The molecule has 1 saturated heterocycles. The van der Waals surface area contributed by atoms with Crippen molar-refractivity contribution in [2.75, 3.05) is 26.2 Å². The van der Waals surface area contributed by atoms with Gasteiger partial charge in [-0.25, -0.2) is 8.42 Å². The Morgan fingerprint density at radius 1 is 0.970 bits per heavy atom. The Kier molecular flexibility index (Phi) is 5.92. The lowest BCUT2D eigenvalue weighted by Gasteiger charge is -2.34. The molecule has 2 aromatic carbocycles. The highest BCUT2D eigenvalue weighted by Crippen LogP contribution is 2.31. The SMILES string of the molecule is Cc1ccc2nc(C)c(C(=O)N3CCN(S(=O)(=O)c4cccc(C(F)(F)F)c4)CC3)cc2c1. The Morgan fingerprint density at radius 3 is 2.33 bits per heavy atom. The Labute approximate surface area is 189 Å². The molecular weight excluding hydrogens is 455 g/mol. The molecule has 0 aliphatic carbocycles. The maximum absolute atomic E-state index is 13.1. The number of carbonyl (C=O) groups excluding carboxylic acids is 1. The van der Waals surface area contributed by atoms with E-state index in [-0.39, 0.29) is 32.1 Å². The van der Waals surface area contributed by atoms with Crippen molar-refractivity contribution in [1.29, 1.82) is 0 Å². The number of pyridine rings is 1. The van der Waals surface area contributed by atoms with Crippen LogP contribution < -0.4 is 0 Å². The third kappa shape index (κ3) is 4.58. The first-order valence-electron chi connectivity index (χ1n) is 10.3. The number of piperazine rings is 1. The third-order valence-electron chi connectivity index (χ3n) is 5.72. The highest BCUT2D eigenvalue weighted by Gasteiger charge is 2.34. The Hall–Kier alpha value is -2.98. The van der Waals surface area contributed by atoms with Gasteiger partial charge in [0.05, 0.1) is 27.2 Å². The van der Waals surface area contributed by atoms with Gasteiger partial charge in [0.2, 0.25) is 10.0 Å². The van der Waals surface area contributed by atoms with Crippen LogP contribution in [0.1, 0.15) is 27.2 Å². The van der Waals surface area contributed by atoms with Gasteiger partial charge >= 0.3 is 6.18 Å². The second-order valence-electron chi connectivity index (χ2n) is 8.04. The number of carbonyl (C=O) groups is 1. The number of sulfonamides is 1. The summed E-state index contributed by atoms with van der Waals surface area (Å²) in [7, 11) is -4.12. The summed E-state index contributed by atoms with van der Waals surface area (Å²) in [6.45, 7) is 3.93. The number of aromatic nitrogens is 1. The van der Waals surface area contributed by atoms with Gasteiger partial charge < -0.3 is 4.90 Å². The van der Waals surface area contributed by atoms with Crippen molar-refractivity contribution in [3.8, 4) is 0 Å². The topological polar surface area (TPSA) is 70.6 Å². The van der Waals surface area contributed by atoms with Gasteiger partial charge in [0.15, 0.2) is 0 Å². The predicted molar refractivity (Wildman–Crippen MR) is 117 cm³/mol. The van der Waals surface area contributed by atoms with E-state index in [9.17, 15) is 26.4 Å². The molecule has 0 atom stereocenters. The van der Waals surface area contributed by atoms with Crippen LogP contribution in [0.2, 0.25) is 0 Å². The summed E-state index contributed by atoms with van der Waals surface area (Å²) in [5.74, 6) is -0.250. The van der Waals surface area contributed by atoms with Gasteiger partial charge in [-0.3, -0.25) is 9.78 Å². The van der Waals surface area contributed by atoms with Crippen LogP contribution in [-0.4, -0.2) is 54.7 Å². The summed E-state index contributed by atoms with van der Waals surface area (Å²) in [6, 6.07) is 11.3. The van der Waals surface area contributed by atoms with Crippen molar-refractivity contribution in [1.82, 2.24) is 14.2 Å². The molecule has 4 rings (SSSR count). The van der Waals surface area contributed by atoms with Crippen LogP contribution in [0, 0.1) is 13.8 Å². The van der Waals surface area contributed by atoms with Gasteiger partial charge in [-0.15, -0.1) is 0 Å². The second-order valence-corrected chi connectivity index (χ2v) is 9.98. The zero-order chi connectivity index (χ0) is 24.0. The lowest BCUT2D eigenvalue weighted by molar-refractivity contribution is -0.137. The van der Waals surface area contributed by atoms with E-state index in [1.807, 2.05) is 25.1 Å². The number of fused-ring (bicyclic) bond motifs is 1. The fourth-order valence-electron chi connectivity index (χ4n) is 3.89. The molecule has 6 nitrogen and oxygen atoms in total. The van der Waals surface area contributed by atoms with Crippen molar-refractivity contribution in [3.63, 3.8) is 0 Å². The van der Waals surface area contributed by atoms with E-state index in [2.05, 4.69) is 4.98 Å². The standard InChI is InChI=1S/C23H22F3N3O3S/c1-15-6-7-21-17(12-15)13-20(16(2)27-21)22(30)28-8-10-29(11-9-28)33(31,32)19-5-3-4-18(14-19)23(24,25)26/h3-7,12-14H,8-11H2,1-2H3. The largest absolute Gasteiger partial charge is 0.416 e. The Bertz CT molecular complexity index is 1330. The van der Waals surface area contributed by atoms with Crippen LogP contribution in [0.3, 0.4) is 0 Å². The van der Waals surface area contributed by atoms with Crippen LogP contribution in [-0.2, 0) is 16.2 Å². The Morgan fingerprint density at radius 2 is 1.67 bits per heavy atom. The quantitative estimate of drug-likeness (QED) is 0.572. The molecular formula is C23H22F3N3O3S. The van der Waals surface area contributed by atoms with E-state index in [0.717, 1.165) is 39.0 Å². The van der Waals surface area contributed by atoms with Crippen molar-refractivity contribution in [2.45, 2.75) is 24.9 Å². The molecule has 1 amide bonds. The number of hydrogen-bond acceptors (Lipinski definition) is 4. The number of alkyl halides is 3. The van der Waals surface area contributed by atoms with Crippen molar-refractivity contribution >= 4 is 26.8 Å². The van der Waals surface area contributed by atoms with E-state index in [1.54, 1.807) is 17.9 Å². The summed E-state index contributed by atoms with van der Waals surface area (Å²) < 4.78 is 65.9. The highest BCUT2D eigenvalue weighted by atomic mass is 32.2. The second kappa shape index (κ2) is 8.42. The molecule has 2 heterocycles. The van der Waals surface area contributed by atoms with E-state index in [1.165, 1.54) is 0 Å². The molecule has 174 valence electrons. The van der Waals surface area contributed by atoms with Crippen molar-refractivity contribution in [2.24, 2.45) is 0 Å². The molecule has 3 aromatic rings. The number of amides is 1. The lowest BCUT2D eigenvalue weighted by atomic mass is 10.1. The van der Waals surface area contributed by atoms with Gasteiger partial charge in [0.1, 0.15) is 0 Å². The molecule has 1 fully saturated rings. The minimum Gasteiger partial charge on any atom is -0.336 e. The normalized spacial score (nSPS) is 15.7. The molecule has 0 unspecified atom stereocenters. The fourth-order valence-corrected chi connectivity index (χ4v) is 5.36. The molecule has 1 aliphatic heterocycles. The number of halogens is 3. The zero-order valence-corrected chi connectivity index (χ0v) is 18.9. The molecule has 0 radical (unpaired) electrons. The molecule has 0 spiro atoms. The maximum Gasteiger partial charge on any atom is 0.416 e. The van der Waals surface area contributed by atoms with Gasteiger partial charge in [-0.1, -0.05) is 17.7 Å². The van der Waals surface area contributed by atoms with Gasteiger partial charge in [0, 0.05) is 31.6 Å². The van der Waals surface area contributed by atoms with Crippen LogP contribution in [0.25, 0.3) is 10.9 Å². The predicted octanol–water partition coefficient (Wildman–Crippen LogP) is 4.02. The zero-order valence-electron chi connectivity index (χ0n) is 18.1. The molecule has 33 heavy (non-hydrogen) atoms. The highest BCUT2D eigenvalue weighted by molar-refractivity contribution is 7.89. The summed E-state index contributed by atoms with van der Waals surface area (Å²) in [6.07, 6.45) is -4.64. The number of rotatable bonds is 3. The van der Waals surface area contributed by atoms with Gasteiger partial charge in [-0.2, -0.15) is 17.5 Å². The summed E-state index contributed by atoms with van der Waals surface area (Å²) >= 11 is 0. The minimum absolute atomic E-state index is 0.0104. The average Bonchev–Trinajstić information content (AvgIpc) is 2.78. The first-order chi connectivity index (χ1) is 15.5. The third-order valence-corrected chi connectivity index (χ3v) is 7.61. The van der Waals surface area contributed by atoms with Gasteiger partial charge in [0.25, 0.3) is 5.91 Å². The van der Waals surface area contributed by atoms with Crippen molar-refractivity contribution < 1.29 is 26.4 Å². The molecule has 0 N–H and O–H groups in total. The van der Waals surface area contributed by atoms with E-state index in [0.29, 0.717) is 17.3 Å². The first kappa shape index (κ1) is 23.2. The number of aryl methyl sites for hydroxylation is 2.